The van der Waals surface area contributed by atoms with Crippen molar-refractivity contribution in [1.29, 1.82) is 0 Å². The normalized spacial score (nSPS) is 19.8. The van der Waals surface area contributed by atoms with E-state index in [2.05, 4.69) is 23.1 Å². The number of nitrogens with one attached hydrogen (secondary N) is 1. The minimum Gasteiger partial charge on any atom is -0.494 e. The maximum absolute atomic E-state index is 12.5. The lowest BCUT2D eigenvalue weighted by Gasteiger charge is -2.26. The van der Waals surface area contributed by atoms with Gasteiger partial charge in [0.15, 0.2) is 0 Å². The highest BCUT2D eigenvalue weighted by Crippen LogP contribution is 2.34. The Morgan fingerprint density at radius 1 is 1.15 bits per heavy atom. The minimum atomic E-state index is -0.151. The van der Waals surface area contributed by atoms with Crippen LogP contribution in [0.1, 0.15) is 49.0 Å². The molecule has 1 aliphatic rings. The largest absolute Gasteiger partial charge is 0.494 e. The van der Waals surface area contributed by atoms with Crippen molar-refractivity contribution in [3.05, 3.63) is 54.2 Å². The van der Waals surface area contributed by atoms with Crippen LogP contribution in [0.4, 0.5) is 5.69 Å². The molecule has 0 saturated heterocycles. The SMILES string of the molecule is COc1cc2nn(C3CCC(C)CC3)cc2cc1NC(=O)c1ccccc1. The monoisotopic (exact) mass is 363 g/mol. The number of carbonyl (C=O) groups excluding carboxylic acids is 1. The Morgan fingerprint density at radius 3 is 2.59 bits per heavy atom. The van der Waals surface area contributed by atoms with Crippen LogP contribution < -0.4 is 10.1 Å². The van der Waals surface area contributed by atoms with Crippen LogP contribution in [0.5, 0.6) is 5.75 Å². The zero-order valence-electron chi connectivity index (χ0n) is 15.8. The van der Waals surface area contributed by atoms with E-state index in [0.29, 0.717) is 23.0 Å². The summed E-state index contributed by atoms with van der Waals surface area (Å²) in [7, 11) is 1.61. The molecule has 0 aliphatic heterocycles. The number of methoxy groups -OCH3 is 1. The van der Waals surface area contributed by atoms with E-state index in [9.17, 15) is 4.79 Å². The summed E-state index contributed by atoms with van der Waals surface area (Å²) in [4.78, 5) is 12.5. The van der Waals surface area contributed by atoms with Crippen LogP contribution >= 0.6 is 0 Å². The van der Waals surface area contributed by atoms with Gasteiger partial charge in [-0.3, -0.25) is 9.48 Å². The number of rotatable bonds is 4. The number of amides is 1. The van der Waals surface area contributed by atoms with E-state index in [4.69, 9.17) is 9.84 Å². The zero-order valence-corrected chi connectivity index (χ0v) is 15.8. The predicted molar refractivity (Wildman–Crippen MR) is 107 cm³/mol. The van der Waals surface area contributed by atoms with Crippen LogP contribution in [0.25, 0.3) is 10.9 Å². The van der Waals surface area contributed by atoms with Crippen molar-refractivity contribution in [2.45, 2.75) is 38.6 Å². The number of hydrogen-bond acceptors (Lipinski definition) is 3. The van der Waals surface area contributed by atoms with Gasteiger partial charge >= 0.3 is 0 Å². The first-order chi connectivity index (χ1) is 13.1. The molecule has 1 amide bonds. The topological polar surface area (TPSA) is 56.1 Å². The van der Waals surface area contributed by atoms with E-state index < -0.39 is 0 Å². The summed E-state index contributed by atoms with van der Waals surface area (Å²) in [5.74, 6) is 1.28. The van der Waals surface area contributed by atoms with Gasteiger partial charge in [0.1, 0.15) is 5.75 Å². The van der Waals surface area contributed by atoms with Gasteiger partial charge in [-0.1, -0.05) is 25.1 Å². The van der Waals surface area contributed by atoms with Gasteiger partial charge in [-0.2, -0.15) is 5.10 Å². The number of aromatic nitrogens is 2. The third-order valence-electron chi connectivity index (χ3n) is 5.49. The van der Waals surface area contributed by atoms with Crippen molar-refractivity contribution in [3.8, 4) is 5.75 Å². The fraction of sp³-hybridized carbons (Fsp3) is 0.364. The lowest BCUT2D eigenvalue weighted by atomic mass is 9.87. The highest BCUT2D eigenvalue weighted by Gasteiger charge is 2.21. The molecule has 2 aromatic carbocycles. The van der Waals surface area contributed by atoms with Crippen LogP contribution in [-0.2, 0) is 0 Å². The third-order valence-corrected chi connectivity index (χ3v) is 5.49. The Bertz CT molecular complexity index is 941. The van der Waals surface area contributed by atoms with Gasteiger partial charge in [-0.15, -0.1) is 0 Å². The van der Waals surface area contributed by atoms with Gasteiger partial charge in [0.2, 0.25) is 0 Å². The lowest BCUT2D eigenvalue weighted by Crippen LogP contribution is -2.16. The molecule has 1 N–H and O–H groups in total. The number of ether oxygens (including phenoxy) is 1. The molecule has 1 aromatic heterocycles. The standard InChI is InChI=1S/C22H25N3O2/c1-15-8-10-18(11-9-15)25-14-17-12-20(21(27-2)13-19(17)24-25)23-22(26)16-6-4-3-5-7-16/h3-7,12-15,18H,8-11H2,1-2H3,(H,23,26). The first-order valence-corrected chi connectivity index (χ1v) is 9.57. The maximum atomic E-state index is 12.5. The molecule has 0 atom stereocenters. The van der Waals surface area contributed by atoms with E-state index in [1.54, 1.807) is 19.2 Å². The van der Waals surface area contributed by atoms with Crippen LogP contribution in [0.15, 0.2) is 48.7 Å². The summed E-state index contributed by atoms with van der Waals surface area (Å²) < 4.78 is 7.59. The average molecular weight is 363 g/mol. The van der Waals surface area contributed by atoms with Crippen molar-refractivity contribution >= 4 is 22.5 Å². The number of hydrogen-bond donors (Lipinski definition) is 1. The molecular formula is C22H25N3O2. The van der Waals surface area contributed by atoms with Gasteiger partial charge in [-0.25, -0.2) is 0 Å². The van der Waals surface area contributed by atoms with Crippen LogP contribution in [0, 0.1) is 5.92 Å². The molecule has 5 nitrogen and oxygen atoms in total. The van der Waals surface area contributed by atoms with Gasteiger partial charge in [0.05, 0.1) is 24.4 Å². The van der Waals surface area contributed by atoms with Crippen molar-refractivity contribution in [1.82, 2.24) is 9.78 Å². The first kappa shape index (κ1) is 17.6. The van der Waals surface area contributed by atoms with Crippen LogP contribution in [0.2, 0.25) is 0 Å². The molecule has 1 heterocycles. The second kappa shape index (κ2) is 7.43. The first-order valence-electron chi connectivity index (χ1n) is 9.57. The third kappa shape index (κ3) is 3.68. The van der Waals surface area contributed by atoms with E-state index in [-0.39, 0.29) is 5.91 Å². The van der Waals surface area contributed by atoms with Crippen molar-refractivity contribution in [2.75, 3.05) is 12.4 Å². The molecular weight excluding hydrogens is 338 g/mol. The molecule has 140 valence electrons. The zero-order chi connectivity index (χ0) is 18.8. The van der Waals surface area contributed by atoms with Crippen LogP contribution in [0.3, 0.4) is 0 Å². The highest BCUT2D eigenvalue weighted by atomic mass is 16.5. The maximum Gasteiger partial charge on any atom is 0.255 e. The highest BCUT2D eigenvalue weighted by molar-refractivity contribution is 6.06. The molecule has 5 heteroatoms. The van der Waals surface area contributed by atoms with E-state index >= 15 is 0 Å². The van der Waals surface area contributed by atoms with E-state index in [0.717, 1.165) is 16.8 Å². The molecule has 1 saturated carbocycles. The number of fused-ring (bicyclic) bond motifs is 1. The molecule has 4 rings (SSSR count). The summed E-state index contributed by atoms with van der Waals surface area (Å²) in [5.41, 5.74) is 2.17. The number of benzene rings is 2. The minimum absolute atomic E-state index is 0.151. The van der Waals surface area contributed by atoms with E-state index in [1.807, 2.05) is 30.3 Å². The summed E-state index contributed by atoms with van der Waals surface area (Å²) in [6, 6.07) is 13.5. The molecule has 0 bridgehead atoms. The predicted octanol–water partition coefficient (Wildman–Crippen LogP) is 5.05. The molecule has 0 spiro atoms. The second-order valence-corrected chi connectivity index (χ2v) is 7.45. The Kier molecular flexibility index (Phi) is 4.84. The van der Waals surface area contributed by atoms with Crippen molar-refractivity contribution in [3.63, 3.8) is 0 Å². The summed E-state index contributed by atoms with van der Waals surface area (Å²) in [6.07, 6.45) is 6.94. The van der Waals surface area contributed by atoms with E-state index in [1.165, 1.54) is 25.7 Å². The molecule has 1 fully saturated rings. The number of anilines is 1. The fourth-order valence-electron chi connectivity index (χ4n) is 3.82. The van der Waals surface area contributed by atoms with Gasteiger partial charge in [0.25, 0.3) is 5.91 Å². The molecule has 0 radical (unpaired) electrons. The Morgan fingerprint density at radius 2 is 1.89 bits per heavy atom. The molecule has 3 aromatic rings. The Labute approximate surface area is 159 Å². The summed E-state index contributed by atoms with van der Waals surface area (Å²) in [6.45, 7) is 2.32. The van der Waals surface area contributed by atoms with Gasteiger partial charge in [-0.05, 0) is 49.8 Å². The summed E-state index contributed by atoms with van der Waals surface area (Å²) in [5, 5.41) is 8.75. The summed E-state index contributed by atoms with van der Waals surface area (Å²) >= 11 is 0. The van der Waals surface area contributed by atoms with Crippen molar-refractivity contribution < 1.29 is 9.53 Å². The van der Waals surface area contributed by atoms with Crippen LogP contribution in [-0.4, -0.2) is 22.8 Å². The average Bonchev–Trinajstić information content (AvgIpc) is 3.11. The second-order valence-electron chi connectivity index (χ2n) is 7.45. The van der Waals surface area contributed by atoms with Crippen molar-refractivity contribution in [2.24, 2.45) is 5.92 Å². The quantitative estimate of drug-likeness (QED) is 0.706. The fourth-order valence-corrected chi connectivity index (χ4v) is 3.82. The Hall–Kier alpha value is -2.82. The van der Waals surface area contributed by atoms with Gasteiger partial charge < -0.3 is 10.1 Å². The number of carbonyl (C=O) groups is 1. The molecule has 0 unspecified atom stereocenters. The smallest absolute Gasteiger partial charge is 0.255 e. The molecule has 1 aliphatic carbocycles. The molecule has 27 heavy (non-hydrogen) atoms. The Balaban J connectivity index is 1.62. The van der Waals surface area contributed by atoms with Gasteiger partial charge in [0, 0.05) is 23.2 Å². The number of nitrogens with zero attached hydrogens (tertiary/aromatic N) is 2. The lowest BCUT2D eigenvalue weighted by molar-refractivity contribution is 0.102.